The maximum Gasteiger partial charge on any atom is 0.0531 e. The average molecular weight is 221 g/mol. The van der Waals surface area contributed by atoms with Gasteiger partial charge in [-0.1, -0.05) is 35.7 Å². The molecular weight excluding hydrogens is 204 g/mol. The highest BCUT2D eigenvalue weighted by molar-refractivity contribution is 9.09. The molecule has 0 saturated carbocycles. The van der Waals surface area contributed by atoms with Gasteiger partial charge in [-0.15, -0.1) is 0 Å². The SMILES string of the molecule is CCCCC1(CBr)CCOC1. The lowest BCUT2D eigenvalue weighted by Gasteiger charge is -2.23. The van der Waals surface area contributed by atoms with Gasteiger partial charge in [0.05, 0.1) is 6.61 Å². The standard InChI is InChI=1S/C9H17BrO/c1-2-3-4-9(7-10)5-6-11-8-9/h2-8H2,1H3. The summed E-state index contributed by atoms with van der Waals surface area (Å²) in [5.74, 6) is 0. The van der Waals surface area contributed by atoms with Crippen LogP contribution in [0.25, 0.3) is 0 Å². The van der Waals surface area contributed by atoms with Gasteiger partial charge in [0, 0.05) is 17.4 Å². The van der Waals surface area contributed by atoms with Gasteiger partial charge in [-0.25, -0.2) is 0 Å². The third-order valence-electron chi connectivity index (χ3n) is 2.53. The molecular formula is C9H17BrO. The maximum atomic E-state index is 5.42. The molecule has 1 atom stereocenters. The van der Waals surface area contributed by atoms with E-state index in [1.807, 2.05) is 0 Å². The van der Waals surface area contributed by atoms with E-state index in [1.54, 1.807) is 0 Å². The Labute approximate surface area is 77.6 Å². The molecule has 0 aromatic carbocycles. The first-order valence-electron chi connectivity index (χ1n) is 4.47. The molecule has 1 saturated heterocycles. The van der Waals surface area contributed by atoms with E-state index < -0.39 is 0 Å². The first-order chi connectivity index (χ1) is 5.33. The highest BCUT2D eigenvalue weighted by atomic mass is 79.9. The Bertz CT molecular complexity index is 108. The zero-order valence-corrected chi connectivity index (χ0v) is 8.82. The highest BCUT2D eigenvalue weighted by Crippen LogP contribution is 2.35. The van der Waals surface area contributed by atoms with Crippen molar-refractivity contribution in [1.82, 2.24) is 0 Å². The lowest BCUT2D eigenvalue weighted by atomic mass is 9.84. The Kier molecular flexibility index (Phi) is 3.86. The predicted octanol–water partition coefficient (Wildman–Crippen LogP) is 2.98. The molecule has 0 aliphatic carbocycles. The van der Waals surface area contributed by atoms with Crippen molar-refractivity contribution < 1.29 is 4.74 Å². The van der Waals surface area contributed by atoms with E-state index >= 15 is 0 Å². The van der Waals surface area contributed by atoms with Gasteiger partial charge >= 0.3 is 0 Å². The topological polar surface area (TPSA) is 9.23 Å². The van der Waals surface area contributed by atoms with Gasteiger partial charge in [0.15, 0.2) is 0 Å². The minimum atomic E-state index is 0.482. The summed E-state index contributed by atoms with van der Waals surface area (Å²) < 4.78 is 5.42. The normalized spacial score (nSPS) is 31.1. The molecule has 0 amide bonds. The van der Waals surface area contributed by atoms with Crippen molar-refractivity contribution in [1.29, 1.82) is 0 Å². The van der Waals surface area contributed by atoms with Crippen LogP contribution in [0.15, 0.2) is 0 Å². The number of alkyl halides is 1. The molecule has 1 fully saturated rings. The molecule has 0 radical (unpaired) electrons. The van der Waals surface area contributed by atoms with Gasteiger partial charge in [-0.3, -0.25) is 0 Å². The van der Waals surface area contributed by atoms with E-state index in [4.69, 9.17) is 4.74 Å². The van der Waals surface area contributed by atoms with Crippen molar-refractivity contribution in [3.8, 4) is 0 Å². The highest BCUT2D eigenvalue weighted by Gasteiger charge is 2.32. The zero-order valence-electron chi connectivity index (χ0n) is 7.24. The number of rotatable bonds is 4. The van der Waals surface area contributed by atoms with Crippen LogP contribution in [-0.2, 0) is 4.74 Å². The van der Waals surface area contributed by atoms with Crippen molar-refractivity contribution in [3.63, 3.8) is 0 Å². The molecule has 1 nitrogen and oxygen atoms in total. The van der Waals surface area contributed by atoms with Crippen LogP contribution < -0.4 is 0 Å². The Hall–Kier alpha value is 0.440. The fraction of sp³-hybridized carbons (Fsp3) is 1.00. The van der Waals surface area contributed by atoms with E-state index in [1.165, 1.54) is 25.7 Å². The van der Waals surface area contributed by atoms with Crippen LogP contribution in [0, 0.1) is 5.41 Å². The van der Waals surface area contributed by atoms with E-state index in [2.05, 4.69) is 22.9 Å². The second-order valence-electron chi connectivity index (χ2n) is 3.54. The smallest absolute Gasteiger partial charge is 0.0531 e. The van der Waals surface area contributed by atoms with Gasteiger partial charge in [0.25, 0.3) is 0 Å². The van der Waals surface area contributed by atoms with Crippen molar-refractivity contribution in [2.75, 3.05) is 18.5 Å². The summed E-state index contributed by atoms with van der Waals surface area (Å²) in [6.07, 6.45) is 5.22. The number of ether oxygens (including phenoxy) is 1. The number of unbranched alkanes of at least 4 members (excludes halogenated alkanes) is 1. The van der Waals surface area contributed by atoms with Crippen molar-refractivity contribution in [2.45, 2.75) is 32.6 Å². The fourth-order valence-corrected chi connectivity index (χ4v) is 2.29. The Morgan fingerprint density at radius 2 is 2.36 bits per heavy atom. The second kappa shape index (κ2) is 4.46. The number of halogens is 1. The Morgan fingerprint density at radius 3 is 2.82 bits per heavy atom. The molecule has 66 valence electrons. The third kappa shape index (κ3) is 2.45. The summed E-state index contributed by atoms with van der Waals surface area (Å²) in [5.41, 5.74) is 0.482. The van der Waals surface area contributed by atoms with Gasteiger partial charge in [-0.05, 0) is 12.8 Å². The second-order valence-corrected chi connectivity index (χ2v) is 4.10. The average Bonchev–Trinajstić information content (AvgIpc) is 2.50. The minimum Gasteiger partial charge on any atom is -0.381 e. The molecule has 2 heteroatoms. The molecule has 0 aromatic heterocycles. The molecule has 0 N–H and O–H groups in total. The lowest BCUT2D eigenvalue weighted by Crippen LogP contribution is -2.22. The number of hydrogen-bond acceptors (Lipinski definition) is 1. The largest absolute Gasteiger partial charge is 0.381 e. The molecule has 1 rings (SSSR count). The molecule has 0 spiro atoms. The van der Waals surface area contributed by atoms with Gasteiger partial charge < -0.3 is 4.74 Å². The number of hydrogen-bond donors (Lipinski definition) is 0. The first-order valence-corrected chi connectivity index (χ1v) is 5.59. The summed E-state index contributed by atoms with van der Waals surface area (Å²) >= 11 is 3.58. The lowest BCUT2D eigenvalue weighted by molar-refractivity contribution is 0.156. The summed E-state index contributed by atoms with van der Waals surface area (Å²) in [4.78, 5) is 0. The van der Waals surface area contributed by atoms with E-state index in [0.717, 1.165) is 18.5 Å². The van der Waals surface area contributed by atoms with Crippen LogP contribution in [0.3, 0.4) is 0 Å². The Morgan fingerprint density at radius 1 is 1.55 bits per heavy atom. The summed E-state index contributed by atoms with van der Waals surface area (Å²) in [6, 6.07) is 0. The first kappa shape index (κ1) is 9.53. The molecule has 1 aliphatic rings. The molecule has 1 aliphatic heterocycles. The molecule has 11 heavy (non-hydrogen) atoms. The summed E-state index contributed by atoms with van der Waals surface area (Å²) in [5, 5.41) is 1.11. The third-order valence-corrected chi connectivity index (χ3v) is 3.72. The van der Waals surface area contributed by atoms with Crippen LogP contribution in [-0.4, -0.2) is 18.5 Å². The maximum absolute atomic E-state index is 5.42. The van der Waals surface area contributed by atoms with E-state index in [-0.39, 0.29) is 0 Å². The van der Waals surface area contributed by atoms with Gasteiger partial charge in [0.1, 0.15) is 0 Å². The summed E-state index contributed by atoms with van der Waals surface area (Å²) in [7, 11) is 0. The van der Waals surface area contributed by atoms with Crippen molar-refractivity contribution in [3.05, 3.63) is 0 Å². The molecule has 0 aromatic rings. The van der Waals surface area contributed by atoms with E-state index in [0.29, 0.717) is 5.41 Å². The monoisotopic (exact) mass is 220 g/mol. The summed E-state index contributed by atoms with van der Waals surface area (Å²) in [6.45, 7) is 4.19. The van der Waals surface area contributed by atoms with Gasteiger partial charge in [0.2, 0.25) is 0 Å². The predicted molar refractivity (Wildman–Crippen MR) is 51.2 cm³/mol. The zero-order chi connectivity index (χ0) is 8.16. The van der Waals surface area contributed by atoms with Crippen molar-refractivity contribution in [2.24, 2.45) is 5.41 Å². The molecule has 0 bridgehead atoms. The minimum absolute atomic E-state index is 0.482. The van der Waals surface area contributed by atoms with Crippen LogP contribution in [0.5, 0.6) is 0 Å². The molecule has 1 unspecified atom stereocenters. The van der Waals surface area contributed by atoms with Crippen LogP contribution in [0.1, 0.15) is 32.6 Å². The Balaban J connectivity index is 2.33. The van der Waals surface area contributed by atoms with Crippen LogP contribution in [0.2, 0.25) is 0 Å². The fourth-order valence-electron chi connectivity index (χ4n) is 1.57. The van der Waals surface area contributed by atoms with Crippen LogP contribution in [0.4, 0.5) is 0 Å². The van der Waals surface area contributed by atoms with E-state index in [9.17, 15) is 0 Å². The van der Waals surface area contributed by atoms with Gasteiger partial charge in [-0.2, -0.15) is 0 Å². The van der Waals surface area contributed by atoms with Crippen LogP contribution >= 0.6 is 15.9 Å². The molecule has 1 heterocycles. The quantitative estimate of drug-likeness (QED) is 0.663. The van der Waals surface area contributed by atoms with Crippen molar-refractivity contribution >= 4 is 15.9 Å².